The van der Waals surface area contributed by atoms with Gasteiger partial charge < -0.3 is 24.2 Å². The third-order valence-corrected chi connectivity index (χ3v) is 6.14. The van der Waals surface area contributed by atoms with E-state index in [1.165, 1.54) is 19.1 Å². The van der Waals surface area contributed by atoms with Crippen LogP contribution < -0.4 is 14.2 Å². The van der Waals surface area contributed by atoms with Crippen LogP contribution in [0.5, 0.6) is 17.2 Å². The molecule has 1 N–H and O–H groups in total. The van der Waals surface area contributed by atoms with Crippen molar-refractivity contribution in [1.82, 2.24) is 9.88 Å². The molecule has 0 saturated carbocycles. The van der Waals surface area contributed by atoms with E-state index >= 15 is 0 Å². The fraction of sp³-hybridized carbons (Fsp3) is 0.207. The summed E-state index contributed by atoms with van der Waals surface area (Å²) in [7, 11) is 3.03. The molecule has 0 radical (unpaired) electrons. The van der Waals surface area contributed by atoms with E-state index in [0.717, 1.165) is 11.1 Å². The number of nitrogens with zero attached hydrogens (tertiary/aromatic N) is 2. The zero-order valence-corrected chi connectivity index (χ0v) is 20.9. The van der Waals surface area contributed by atoms with Crippen LogP contribution in [0.15, 0.2) is 79.2 Å². The van der Waals surface area contributed by atoms with Gasteiger partial charge in [0.25, 0.3) is 11.7 Å². The number of Topliss-reactive ketones (excluding diaryl/α,β-unsaturated/α-hetero) is 1. The highest BCUT2D eigenvalue weighted by molar-refractivity contribution is 6.46. The predicted molar refractivity (Wildman–Crippen MR) is 139 cm³/mol. The Morgan fingerprint density at radius 3 is 2.49 bits per heavy atom. The van der Waals surface area contributed by atoms with Crippen LogP contribution in [-0.4, -0.2) is 47.5 Å². The molecule has 1 amide bonds. The number of ether oxygens (including phenoxy) is 3. The molecule has 190 valence electrons. The summed E-state index contributed by atoms with van der Waals surface area (Å²) in [5.74, 6) is -0.193. The van der Waals surface area contributed by atoms with Crippen molar-refractivity contribution in [2.45, 2.75) is 19.5 Å². The largest absolute Gasteiger partial charge is 0.507 e. The van der Waals surface area contributed by atoms with Gasteiger partial charge in [0.05, 0.1) is 25.8 Å². The van der Waals surface area contributed by atoms with Crippen molar-refractivity contribution in [3.8, 4) is 17.2 Å². The number of aryl methyl sites for hydroxylation is 1. The monoisotopic (exact) mass is 500 g/mol. The molecule has 1 aliphatic rings. The Labute approximate surface area is 215 Å². The number of hydrogen-bond donors (Lipinski definition) is 1. The second-order valence-corrected chi connectivity index (χ2v) is 8.48. The quantitative estimate of drug-likeness (QED) is 0.199. The lowest BCUT2D eigenvalue weighted by Crippen LogP contribution is -2.29. The average molecular weight is 501 g/mol. The zero-order chi connectivity index (χ0) is 26.5. The lowest BCUT2D eigenvalue weighted by molar-refractivity contribution is -0.140. The van der Waals surface area contributed by atoms with Crippen LogP contribution >= 0.6 is 0 Å². The number of aliphatic hydroxyl groups excluding tert-OH is 1. The number of benzene rings is 2. The maximum atomic E-state index is 13.4. The van der Waals surface area contributed by atoms with Crippen molar-refractivity contribution in [2.24, 2.45) is 0 Å². The first-order valence-corrected chi connectivity index (χ1v) is 11.6. The van der Waals surface area contributed by atoms with E-state index in [9.17, 15) is 14.7 Å². The predicted octanol–water partition coefficient (Wildman–Crippen LogP) is 4.59. The number of ketones is 1. The van der Waals surface area contributed by atoms with Crippen LogP contribution in [-0.2, 0) is 16.1 Å². The number of likely N-dealkylation sites (tertiary alicyclic amines) is 1. The maximum absolute atomic E-state index is 13.4. The molecule has 1 aliphatic heterocycles. The maximum Gasteiger partial charge on any atom is 0.295 e. The third-order valence-electron chi connectivity index (χ3n) is 6.14. The molecule has 1 aromatic heterocycles. The van der Waals surface area contributed by atoms with Gasteiger partial charge in [0, 0.05) is 24.5 Å². The fourth-order valence-corrected chi connectivity index (χ4v) is 4.36. The molecule has 0 bridgehead atoms. The van der Waals surface area contributed by atoms with Gasteiger partial charge in [-0.05, 0) is 60.0 Å². The van der Waals surface area contributed by atoms with Crippen molar-refractivity contribution in [3.63, 3.8) is 0 Å². The number of amides is 1. The highest BCUT2D eigenvalue weighted by Gasteiger charge is 2.46. The molecule has 2 heterocycles. The fourth-order valence-electron chi connectivity index (χ4n) is 4.36. The van der Waals surface area contributed by atoms with Gasteiger partial charge in [-0.3, -0.25) is 14.6 Å². The Morgan fingerprint density at radius 1 is 1.08 bits per heavy atom. The standard InChI is InChI=1S/C29H28N2O6/c1-5-13-37-22-10-9-21(14-18(22)2)27(32)25-26(20-8-11-23(35-3)24(15-20)36-4)31(29(34)28(25)33)17-19-7-6-12-30-16-19/h5-12,14-16,26,32H,1,13,17H2,2-4H3/t26-/m1/s1. The first kappa shape index (κ1) is 25.5. The molecule has 0 unspecified atom stereocenters. The minimum absolute atomic E-state index is 0.0136. The van der Waals surface area contributed by atoms with Crippen molar-refractivity contribution < 1.29 is 28.9 Å². The molecule has 0 aliphatic carbocycles. The van der Waals surface area contributed by atoms with Gasteiger partial charge in [-0.25, -0.2) is 0 Å². The topological polar surface area (TPSA) is 98.2 Å². The normalized spacial score (nSPS) is 16.5. The Morgan fingerprint density at radius 2 is 1.84 bits per heavy atom. The van der Waals surface area contributed by atoms with E-state index in [0.29, 0.717) is 35.0 Å². The second-order valence-electron chi connectivity index (χ2n) is 8.48. The SMILES string of the molecule is C=CCOc1ccc(C(O)=C2C(=O)C(=O)N(Cc3cccnc3)[C@@H]2c2ccc(OC)c(OC)c2)cc1C. The molecule has 4 rings (SSSR count). The number of aromatic nitrogens is 1. The van der Waals surface area contributed by atoms with Gasteiger partial charge in [-0.1, -0.05) is 24.8 Å². The van der Waals surface area contributed by atoms with E-state index < -0.39 is 17.7 Å². The highest BCUT2D eigenvalue weighted by Crippen LogP contribution is 2.43. The van der Waals surface area contributed by atoms with Gasteiger partial charge in [0.1, 0.15) is 18.1 Å². The Hall–Kier alpha value is -4.59. The van der Waals surface area contributed by atoms with Crippen LogP contribution in [0, 0.1) is 6.92 Å². The summed E-state index contributed by atoms with van der Waals surface area (Å²) in [6.07, 6.45) is 4.91. The smallest absolute Gasteiger partial charge is 0.295 e. The molecule has 3 aromatic rings. The van der Waals surface area contributed by atoms with E-state index in [4.69, 9.17) is 14.2 Å². The highest BCUT2D eigenvalue weighted by atomic mass is 16.5. The molecular weight excluding hydrogens is 472 g/mol. The number of hydrogen-bond acceptors (Lipinski definition) is 7. The average Bonchev–Trinajstić information content (AvgIpc) is 3.17. The van der Waals surface area contributed by atoms with E-state index in [1.54, 1.807) is 60.9 Å². The molecule has 1 atom stereocenters. The molecule has 2 aromatic carbocycles. The van der Waals surface area contributed by atoms with Gasteiger partial charge in [0.2, 0.25) is 0 Å². The van der Waals surface area contributed by atoms with Crippen molar-refractivity contribution in [3.05, 3.63) is 101 Å². The van der Waals surface area contributed by atoms with Crippen LogP contribution in [0.25, 0.3) is 5.76 Å². The summed E-state index contributed by atoms with van der Waals surface area (Å²) >= 11 is 0. The summed E-state index contributed by atoms with van der Waals surface area (Å²) < 4.78 is 16.4. The van der Waals surface area contributed by atoms with Crippen LogP contribution in [0.1, 0.15) is 28.3 Å². The second kappa shape index (κ2) is 11.0. The molecule has 8 nitrogen and oxygen atoms in total. The molecule has 8 heteroatoms. The number of pyridine rings is 1. The van der Waals surface area contributed by atoms with E-state index in [1.807, 2.05) is 13.0 Å². The summed E-state index contributed by atoms with van der Waals surface area (Å²) in [6, 6.07) is 13.0. The number of rotatable bonds is 9. The van der Waals surface area contributed by atoms with Gasteiger partial charge in [-0.2, -0.15) is 0 Å². The summed E-state index contributed by atoms with van der Waals surface area (Å²) in [5, 5.41) is 11.4. The van der Waals surface area contributed by atoms with Crippen molar-refractivity contribution >= 4 is 17.4 Å². The Balaban J connectivity index is 1.86. The molecule has 0 spiro atoms. The molecule has 1 fully saturated rings. The first-order valence-electron chi connectivity index (χ1n) is 11.6. The Bertz CT molecular complexity index is 1370. The first-order chi connectivity index (χ1) is 17.9. The summed E-state index contributed by atoms with van der Waals surface area (Å²) in [4.78, 5) is 32.2. The van der Waals surface area contributed by atoms with Crippen molar-refractivity contribution in [2.75, 3.05) is 20.8 Å². The van der Waals surface area contributed by atoms with E-state index in [-0.39, 0.29) is 17.9 Å². The lowest BCUT2D eigenvalue weighted by atomic mass is 9.94. The van der Waals surface area contributed by atoms with Gasteiger partial charge >= 0.3 is 0 Å². The third kappa shape index (κ3) is 5.04. The lowest BCUT2D eigenvalue weighted by Gasteiger charge is -2.26. The van der Waals surface area contributed by atoms with Crippen LogP contribution in [0.2, 0.25) is 0 Å². The Kier molecular flexibility index (Phi) is 7.57. The number of aliphatic hydroxyl groups is 1. The molecule has 37 heavy (non-hydrogen) atoms. The van der Waals surface area contributed by atoms with Gasteiger partial charge in [0.15, 0.2) is 11.5 Å². The van der Waals surface area contributed by atoms with Gasteiger partial charge in [-0.15, -0.1) is 0 Å². The van der Waals surface area contributed by atoms with E-state index in [2.05, 4.69) is 11.6 Å². The van der Waals surface area contributed by atoms with Crippen LogP contribution in [0.3, 0.4) is 0 Å². The van der Waals surface area contributed by atoms with Crippen LogP contribution in [0.4, 0.5) is 0 Å². The minimum atomic E-state index is -0.864. The number of methoxy groups -OCH3 is 2. The molecule has 1 saturated heterocycles. The van der Waals surface area contributed by atoms with Crippen molar-refractivity contribution in [1.29, 1.82) is 0 Å². The zero-order valence-electron chi connectivity index (χ0n) is 20.9. The summed E-state index contributed by atoms with van der Waals surface area (Å²) in [5.41, 5.74) is 2.48. The summed E-state index contributed by atoms with van der Waals surface area (Å²) in [6.45, 7) is 5.95. The number of carbonyl (C=O) groups is 2. The number of carbonyl (C=O) groups excluding carboxylic acids is 2. The minimum Gasteiger partial charge on any atom is -0.507 e. The molecular formula is C29H28N2O6.